The SMILES string of the molecule is Cc1nn(C)c(Oc2ccc(Cl)cc2)c1CCCN. The van der Waals surface area contributed by atoms with Crippen LogP contribution in [0.4, 0.5) is 0 Å². The van der Waals surface area contributed by atoms with Crippen molar-refractivity contribution in [3.63, 3.8) is 0 Å². The number of rotatable bonds is 5. The van der Waals surface area contributed by atoms with E-state index < -0.39 is 0 Å². The molecule has 0 aliphatic heterocycles. The van der Waals surface area contributed by atoms with E-state index >= 15 is 0 Å². The van der Waals surface area contributed by atoms with Gasteiger partial charge in [0.2, 0.25) is 5.88 Å². The second-order valence-corrected chi connectivity index (χ2v) is 4.88. The Kier molecular flexibility index (Phi) is 4.45. The summed E-state index contributed by atoms with van der Waals surface area (Å²) >= 11 is 5.86. The summed E-state index contributed by atoms with van der Waals surface area (Å²) in [5.41, 5.74) is 7.67. The zero-order chi connectivity index (χ0) is 13.8. The minimum absolute atomic E-state index is 0.661. The normalized spacial score (nSPS) is 10.7. The van der Waals surface area contributed by atoms with Gasteiger partial charge in [-0.15, -0.1) is 0 Å². The number of hydrogen-bond acceptors (Lipinski definition) is 3. The summed E-state index contributed by atoms with van der Waals surface area (Å²) in [5.74, 6) is 1.52. The maximum Gasteiger partial charge on any atom is 0.221 e. The first-order valence-electron chi connectivity index (χ1n) is 6.27. The van der Waals surface area contributed by atoms with E-state index in [2.05, 4.69) is 5.10 Å². The van der Waals surface area contributed by atoms with E-state index in [-0.39, 0.29) is 0 Å². The molecule has 0 bridgehead atoms. The Morgan fingerprint density at radius 3 is 2.63 bits per heavy atom. The van der Waals surface area contributed by atoms with Gasteiger partial charge in [0.25, 0.3) is 0 Å². The summed E-state index contributed by atoms with van der Waals surface area (Å²) < 4.78 is 7.67. The van der Waals surface area contributed by atoms with Gasteiger partial charge in [-0.25, -0.2) is 4.68 Å². The van der Waals surface area contributed by atoms with Crippen molar-refractivity contribution in [1.82, 2.24) is 9.78 Å². The third-order valence-corrected chi connectivity index (χ3v) is 3.20. The maximum absolute atomic E-state index is 5.91. The molecular formula is C14H18ClN3O. The van der Waals surface area contributed by atoms with Crippen LogP contribution in [-0.2, 0) is 13.5 Å². The van der Waals surface area contributed by atoms with Crippen LogP contribution < -0.4 is 10.5 Å². The highest BCUT2D eigenvalue weighted by molar-refractivity contribution is 6.30. The Balaban J connectivity index is 2.25. The average molecular weight is 280 g/mol. The van der Waals surface area contributed by atoms with Crippen LogP contribution in [-0.4, -0.2) is 16.3 Å². The number of hydrogen-bond donors (Lipinski definition) is 1. The molecule has 0 amide bonds. The van der Waals surface area contributed by atoms with E-state index in [9.17, 15) is 0 Å². The lowest BCUT2D eigenvalue weighted by atomic mass is 10.1. The third kappa shape index (κ3) is 3.28. The fourth-order valence-corrected chi connectivity index (χ4v) is 2.12. The fourth-order valence-electron chi connectivity index (χ4n) is 1.99. The zero-order valence-corrected chi connectivity index (χ0v) is 11.9. The second-order valence-electron chi connectivity index (χ2n) is 4.44. The first-order chi connectivity index (χ1) is 9.11. The van der Waals surface area contributed by atoms with E-state index in [4.69, 9.17) is 22.1 Å². The van der Waals surface area contributed by atoms with E-state index in [0.29, 0.717) is 11.6 Å². The Labute approximate surface area is 118 Å². The quantitative estimate of drug-likeness (QED) is 0.915. The summed E-state index contributed by atoms with van der Waals surface area (Å²) in [4.78, 5) is 0. The molecular weight excluding hydrogens is 262 g/mol. The number of nitrogens with zero attached hydrogens (tertiary/aromatic N) is 2. The predicted octanol–water partition coefficient (Wildman–Crippen LogP) is 3.07. The van der Waals surface area contributed by atoms with Gasteiger partial charge in [0.05, 0.1) is 5.69 Å². The Morgan fingerprint density at radius 2 is 2.00 bits per heavy atom. The number of nitrogens with two attached hydrogens (primary N) is 1. The van der Waals surface area contributed by atoms with Crippen molar-refractivity contribution in [3.8, 4) is 11.6 Å². The van der Waals surface area contributed by atoms with Crippen LogP contribution in [0.3, 0.4) is 0 Å². The molecule has 0 unspecified atom stereocenters. The molecule has 0 saturated carbocycles. The summed E-state index contributed by atoms with van der Waals surface area (Å²) in [6.07, 6.45) is 1.79. The number of aromatic nitrogens is 2. The number of ether oxygens (including phenoxy) is 1. The summed E-state index contributed by atoms with van der Waals surface area (Å²) in [6.45, 7) is 2.65. The minimum Gasteiger partial charge on any atom is -0.439 e. The highest BCUT2D eigenvalue weighted by Crippen LogP contribution is 2.28. The molecule has 4 nitrogen and oxygen atoms in total. The predicted molar refractivity (Wildman–Crippen MR) is 76.8 cm³/mol. The number of aryl methyl sites for hydroxylation is 2. The molecule has 0 atom stereocenters. The molecule has 2 rings (SSSR count). The Morgan fingerprint density at radius 1 is 1.32 bits per heavy atom. The number of benzene rings is 1. The van der Waals surface area contributed by atoms with Crippen molar-refractivity contribution in [2.45, 2.75) is 19.8 Å². The lowest BCUT2D eigenvalue weighted by molar-refractivity contribution is 0.425. The second kappa shape index (κ2) is 6.08. The van der Waals surface area contributed by atoms with Gasteiger partial charge >= 0.3 is 0 Å². The van der Waals surface area contributed by atoms with Crippen LogP contribution in [0, 0.1) is 6.92 Å². The summed E-state index contributed by atoms with van der Waals surface area (Å²) in [7, 11) is 1.88. The standard InChI is InChI=1S/C14H18ClN3O/c1-10-13(4-3-9-16)14(18(2)17-10)19-12-7-5-11(15)6-8-12/h5-8H,3-4,9,16H2,1-2H3. The Hall–Kier alpha value is -1.52. The lowest BCUT2D eigenvalue weighted by Crippen LogP contribution is -2.02. The maximum atomic E-state index is 5.91. The molecule has 0 radical (unpaired) electrons. The monoisotopic (exact) mass is 279 g/mol. The first kappa shape index (κ1) is 13.9. The van der Waals surface area contributed by atoms with Gasteiger partial charge in [0.15, 0.2) is 0 Å². The van der Waals surface area contributed by atoms with Gasteiger partial charge in [0, 0.05) is 17.6 Å². The lowest BCUT2D eigenvalue weighted by Gasteiger charge is -2.08. The van der Waals surface area contributed by atoms with E-state index in [0.717, 1.165) is 35.7 Å². The molecule has 102 valence electrons. The van der Waals surface area contributed by atoms with Crippen LogP contribution in [0.25, 0.3) is 0 Å². The van der Waals surface area contributed by atoms with E-state index in [1.807, 2.05) is 26.1 Å². The molecule has 1 heterocycles. The van der Waals surface area contributed by atoms with Crippen LogP contribution in [0.2, 0.25) is 5.02 Å². The van der Waals surface area contributed by atoms with Crippen LogP contribution >= 0.6 is 11.6 Å². The van der Waals surface area contributed by atoms with Crippen molar-refractivity contribution in [1.29, 1.82) is 0 Å². The molecule has 0 fully saturated rings. The molecule has 0 aliphatic rings. The number of halogens is 1. The topological polar surface area (TPSA) is 53.1 Å². The highest BCUT2D eigenvalue weighted by Gasteiger charge is 2.14. The van der Waals surface area contributed by atoms with Gasteiger partial charge in [-0.3, -0.25) is 0 Å². The fraction of sp³-hybridized carbons (Fsp3) is 0.357. The smallest absolute Gasteiger partial charge is 0.221 e. The zero-order valence-electron chi connectivity index (χ0n) is 11.2. The van der Waals surface area contributed by atoms with Gasteiger partial charge in [0.1, 0.15) is 5.75 Å². The van der Waals surface area contributed by atoms with Crippen LogP contribution in [0.15, 0.2) is 24.3 Å². The highest BCUT2D eigenvalue weighted by atomic mass is 35.5. The molecule has 0 saturated heterocycles. The minimum atomic E-state index is 0.661. The van der Waals surface area contributed by atoms with Crippen LogP contribution in [0.5, 0.6) is 11.6 Å². The Bertz CT molecular complexity index is 549. The first-order valence-corrected chi connectivity index (χ1v) is 6.65. The molecule has 0 spiro atoms. The van der Waals surface area contributed by atoms with Crippen molar-refractivity contribution >= 4 is 11.6 Å². The largest absolute Gasteiger partial charge is 0.439 e. The molecule has 0 aliphatic carbocycles. The van der Waals surface area contributed by atoms with Crippen molar-refractivity contribution < 1.29 is 4.74 Å². The molecule has 2 aromatic rings. The van der Waals surface area contributed by atoms with Gasteiger partial charge < -0.3 is 10.5 Å². The van der Waals surface area contributed by atoms with Gasteiger partial charge in [-0.2, -0.15) is 5.10 Å². The van der Waals surface area contributed by atoms with Crippen molar-refractivity contribution in [3.05, 3.63) is 40.5 Å². The summed E-state index contributed by atoms with van der Waals surface area (Å²) in [5, 5.41) is 5.09. The van der Waals surface area contributed by atoms with Crippen LogP contribution in [0.1, 0.15) is 17.7 Å². The average Bonchev–Trinajstić information content (AvgIpc) is 2.65. The summed E-state index contributed by atoms with van der Waals surface area (Å²) in [6, 6.07) is 7.30. The van der Waals surface area contributed by atoms with Gasteiger partial charge in [-0.1, -0.05) is 11.6 Å². The van der Waals surface area contributed by atoms with Crippen molar-refractivity contribution in [2.75, 3.05) is 6.54 Å². The van der Waals surface area contributed by atoms with Gasteiger partial charge in [-0.05, 0) is 50.6 Å². The third-order valence-electron chi connectivity index (χ3n) is 2.95. The van der Waals surface area contributed by atoms with E-state index in [1.165, 1.54) is 0 Å². The molecule has 2 N–H and O–H groups in total. The molecule has 5 heteroatoms. The molecule has 1 aromatic heterocycles. The van der Waals surface area contributed by atoms with E-state index in [1.54, 1.807) is 16.8 Å². The molecule has 1 aromatic carbocycles. The molecule has 19 heavy (non-hydrogen) atoms. The van der Waals surface area contributed by atoms with Crippen molar-refractivity contribution in [2.24, 2.45) is 12.8 Å².